The first-order chi connectivity index (χ1) is 4.72. The first-order valence-corrected chi connectivity index (χ1v) is 3.79. The molecule has 0 aliphatic rings. The maximum atomic E-state index is 8.73. The molecule has 1 N–H and O–H groups in total. The molecule has 0 fully saturated rings. The highest BCUT2D eigenvalue weighted by Gasteiger charge is 1.93. The van der Waals surface area contributed by atoms with Gasteiger partial charge in [-0.3, -0.25) is 0 Å². The maximum absolute atomic E-state index is 8.73. The molecular weight excluding hydrogens is 192 g/mol. The van der Waals surface area contributed by atoms with Crippen molar-refractivity contribution in [2.24, 2.45) is 0 Å². The normalized spacial score (nSPS) is 12.5. The van der Waals surface area contributed by atoms with Crippen LogP contribution in [-0.2, 0) is 0 Å². The zero-order valence-corrected chi connectivity index (χ0v) is 7.56. The highest BCUT2D eigenvalue weighted by Crippen LogP contribution is 2.13. The maximum Gasteiger partial charge on any atom is 0.0692 e. The Hall–Kier alpha value is -0.340. The fraction of sp³-hybridized carbons (Fsp3) is 0.250. The van der Waals surface area contributed by atoms with Crippen molar-refractivity contribution >= 4 is 15.9 Å². The highest BCUT2D eigenvalue weighted by atomic mass is 79.9. The molecule has 0 saturated heterocycles. The number of allylic oxidation sites excluding steroid dienone is 3. The lowest BCUT2D eigenvalue weighted by Crippen LogP contribution is -1.87. The third-order valence-electron chi connectivity index (χ3n) is 1.01. The summed E-state index contributed by atoms with van der Waals surface area (Å²) in [6, 6.07) is 0. The second-order valence-electron chi connectivity index (χ2n) is 1.78. The van der Waals surface area contributed by atoms with Crippen LogP contribution >= 0.6 is 15.9 Å². The van der Waals surface area contributed by atoms with Gasteiger partial charge >= 0.3 is 0 Å². The molecule has 0 rings (SSSR count). The lowest BCUT2D eigenvalue weighted by molar-refractivity contribution is 0.334. The van der Waals surface area contributed by atoms with E-state index in [-0.39, 0.29) is 6.61 Å². The van der Waals surface area contributed by atoms with E-state index < -0.39 is 0 Å². The molecular formula is C8H11BrO. The van der Waals surface area contributed by atoms with E-state index in [2.05, 4.69) is 22.5 Å². The van der Waals surface area contributed by atoms with E-state index in [1.54, 1.807) is 0 Å². The molecule has 0 unspecified atom stereocenters. The summed E-state index contributed by atoms with van der Waals surface area (Å²) >= 11 is 3.17. The number of rotatable bonds is 3. The summed E-state index contributed by atoms with van der Waals surface area (Å²) in [6.07, 6.45) is 5.57. The summed E-state index contributed by atoms with van der Waals surface area (Å²) in [7, 11) is 0. The Morgan fingerprint density at radius 3 is 2.60 bits per heavy atom. The van der Waals surface area contributed by atoms with Gasteiger partial charge in [0.15, 0.2) is 0 Å². The van der Waals surface area contributed by atoms with Gasteiger partial charge in [0, 0.05) is 4.48 Å². The first-order valence-electron chi connectivity index (χ1n) is 3.00. The van der Waals surface area contributed by atoms with Crippen LogP contribution in [0.2, 0.25) is 0 Å². The minimum Gasteiger partial charge on any atom is -0.392 e. The molecule has 0 atom stereocenters. The van der Waals surface area contributed by atoms with Crippen LogP contribution in [0.1, 0.15) is 6.92 Å². The second kappa shape index (κ2) is 5.45. The first kappa shape index (κ1) is 9.66. The van der Waals surface area contributed by atoms with Gasteiger partial charge in [0.1, 0.15) is 0 Å². The van der Waals surface area contributed by atoms with Gasteiger partial charge in [0.25, 0.3) is 0 Å². The monoisotopic (exact) mass is 202 g/mol. The number of aliphatic hydroxyl groups excluding tert-OH is 1. The fourth-order valence-corrected chi connectivity index (χ4v) is 0.699. The van der Waals surface area contributed by atoms with Gasteiger partial charge < -0.3 is 5.11 Å². The van der Waals surface area contributed by atoms with Crippen molar-refractivity contribution in [3.05, 3.63) is 34.9 Å². The number of aliphatic hydroxyl groups is 1. The third kappa shape index (κ3) is 3.64. The van der Waals surface area contributed by atoms with Gasteiger partial charge in [-0.25, -0.2) is 0 Å². The van der Waals surface area contributed by atoms with Crippen molar-refractivity contribution < 1.29 is 5.11 Å². The number of halogens is 1. The topological polar surface area (TPSA) is 20.2 Å². The zero-order valence-electron chi connectivity index (χ0n) is 5.97. The van der Waals surface area contributed by atoms with E-state index in [9.17, 15) is 0 Å². The van der Waals surface area contributed by atoms with Gasteiger partial charge in [-0.15, -0.1) is 0 Å². The summed E-state index contributed by atoms with van der Waals surface area (Å²) in [4.78, 5) is 0. The summed E-state index contributed by atoms with van der Waals surface area (Å²) in [5.74, 6) is 0. The SMILES string of the molecule is C=C(Br)/C(=C\C=C/C)CO. The summed E-state index contributed by atoms with van der Waals surface area (Å²) in [6.45, 7) is 5.58. The van der Waals surface area contributed by atoms with Crippen LogP contribution in [0.25, 0.3) is 0 Å². The molecule has 0 aliphatic carbocycles. The molecule has 0 aromatic heterocycles. The molecule has 1 nitrogen and oxygen atoms in total. The average molecular weight is 203 g/mol. The summed E-state index contributed by atoms with van der Waals surface area (Å²) < 4.78 is 0.730. The molecule has 0 saturated carbocycles. The Bertz CT molecular complexity index is 168. The van der Waals surface area contributed by atoms with Crippen LogP contribution in [0, 0.1) is 0 Å². The van der Waals surface area contributed by atoms with Crippen molar-refractivity contribution in [2.45, 2.75) is 6.92 Å². The Morgan fingerprint density at radius 1 is 1.70 bits per heavy atom. The molecule has 0 heterocycles. The molecule has 0 radical (unpaired) electrons. The predicted octanol–water partition coefficient (Wildman–Crippen LogP) is 2.39. The molecule has 0 aliphatic heterocycles. The van der Waals surface area contributed by atoms with E-state index in [1.165, 1.54) is 0 Å². The summed E-state index contributed by atoms with van der Waals surface area (Å²) in [5, 5.41) is 8.73. The highest BCUT2D eigenvalue weighted by molar-refractivity contribution is 9.11. The molecule has 0 bridgehead atoms. The van der Waals surface area contributed by atoms with Gasteiger partial charge in [0.2, 0.25) is 0 Å². The third-order valence-corrected chi connectivity index (χ3v) is 1.52. The molecule has 10 heavy (non-hydrogen) atoms. The van der Waals surface area contributed by atoms with E-state index in [0.29, 0.717) is 0 Å². The Morgan fingerprint density at radius 2 is 2.30 bits per heavy atom. The summed E-state index contributed by atoms with van der Waals surface area (Å²) in [5.41, 5.74) is 0.804. The molecule has 0 amide bonds. The van der Waals surface area contributed by atoms with Crippen LogP contribution in [0.4, 0.5) is 0 Å². The molecule has 0 aromatic carbocycles. The van der Waals surface area contributed by atoms with Crippen LogP contribution in [0.3, 0.4) is 0 Å². The van der Waals surface area contributed by atoms with Crippen molar-refractivity contribution in [3.8, 4) is 0 Å². The largest absolute Gasteiger partial charge is 0.392 e. The van der Waals surface area contributed by atoms with E-state index in [0.717, 1.165) is 10.1 Å². The predicted molar refractivity (Wildman–Crippen MR) is 48.0 cm³/mol. The van der Waals surface area contributed by atoms with Crippen LogP contribution in [0.5, 0.6) is 0 Å². The Balaban J connectivity index is 4.18. The molecule has 56 valence electrons. The van der Waals surface area contributed by atoms with Crippen LogP contribution < -0.4 is 0 Å². The number of hydrogen-bond acceptors (Lipinski definition) is 1. The van der Waals surface area contributed by atoms with Crippen LogP contribution in [0.15, 0.2) is 34.9 Å². The minimum absolute atomic E-state index is 0.0222. The minimum atomic E-state index is 0.0222. The van der Waals surface area contributed by atoms with Gasteiger partial charge in [-0.1, -0.05) is 40.7 Å². The van der Waals surface area contributed by atoms with Crippen LogP contribution in [-0.4, -0.2) is 11.7 Å². The zero-order chi connectivity index (χ0) is 7.98. The quantitative estimate of drug-likeness (QED) is 0.698. The van der Waals surface area contributed by atoms with Crippen molar-refractivity contribution in [3.63, 3.8) is 0 Å². The van der Waals surface area contributed by atoms with Crippen molar-refractivity contribution in [1.82, 2.24) is 0 Å². The average Bonchev–Trinajstić information content (AvgIpc) is 1.89. The Labute approximate surface area is 69.9 Å². The Kier molecular flexibility index (Phi) is 5.26. The lowest BCUT2D eigenvalue weighted by Gasteiger charge is -1.96. The lowest BCUT2D eigenvalue weighted by atomic mass is 10.2. The fourth-order valence-electron chi connectivity index (χ4n) is 0.441. The van der Waals surface area contributed by atoms with E-state index in [1.807, 2.05) is 25.2 Å². The van der Waals surface area contributed by atoms with Crippen molar-refractivity contribution in [2.75, 3.05) is 6.61 Å². The standard InChI is InChI=1S/C8H11BrO/c1-3-4-5-8(6-10)7(2)9/h3-5,10H,2,6H2,1H3/b4-3-,8-5-. The van der Waals surface area contributed by atoms with Gasteiger partial charge in [-0.05, 0) is 12.5 Å². The van der Waals surface area contributed by atoms with Gasteiger partial charge in [-0.2, -0.15) is 0 Å². The van der Waals surface area contributed by atoms with Crippen molar-refractivity contribution in [1.29, 1.82) is 0 Å². The van der Waals surface area contributed by atoms with E-state index >= 15 is 0 Å². The number of hydrogen-bond donors (Lipinski definition) is 1. The molecule has 0 spiro atoms. The van der Waals surface area contributed by atoms with E-state index in [4.69, 9.17) is 5.11 Å². The second-order valence-corrected chi connectivity index (χ2v) is 2.74. The molecule has 2 heteroatoms. The molecule has 0 aromatic rings. The smallest absolute Gasteiger partial charge is 0.0692 e. The van der Waals surface area contributed by atoms with Gasteiger partial charge in [0.05, 0.1) is 6.61 Å².